The summed E-state index contributed by atoms with van der Waals surface area (Å²) in [5.41, 5.74) is 4.80. The van der Waals surface area contributed by atoms with Gasteiger partial charge >= 0.3 is 0 Å². The van der Waals surface area contributed by atoms with Gasteiger partial charge in [0.1, 0.15) is 21.9 Å². The average Bonchev–Trinajstić information content (AvgIpc) is 3.10. The molecule has 0 N–H and O–H groups in total. The Morgan fingerprint density at radius 3 is 2.54 bits per heavy atom. The molecule has 2 heterocycles. The zero-order valence-corrected chi connectivity index (χ0v) is 18.8. The lowest BCUT2D eigenvalue weighted by Gasteiger charge is -2.09. The Morgan fingerprint density at radius 2 is 1.79 bits per heavy atom. The van der Waals surface area contributed by atoms with Gasteiger partial charge in [0, 0.05) is 21.2 Å². The van der Waals surface area contributed by atoms with Crippen molar-refractivity contribution in [1.29, 1.82) is 0 Å². The molecular formula is C22H19BrN2OS2. The summed E-state index contributed by atoms with van der Waals surface area (Å²) in [4.78, 5) is 10.0. The van der Waals surface area contributed by atoms with Crippen LogP contribution in [0, 0.1) is 13.8 Å². The maximum Gasteiger partial charge on any atom is 0.128 e. The van der Waals surface area contributed by atoms with Gasteiger partial charge in [0.05, 0.1) is 12.0 Å². The van der Waals surface area contributed by atoms with Crippen LogP contribution in [0.25, 0.3) is 21.3 Å². The molecule has 6 heteroatoms. The second kappa shape index (κ2) is 8.64. The molecule has 0 aliphatic rings. The van der Waals surface area contributed by atoms with Crippen LogP contribution in [0.5, 0.6) is 5.75 Å². The van der Waals surface area contributed by atoms with Crippen LogP contribution in [-0.4, -0.2) is 22.3 Å². The SMILES string of the molecule is Cc1cc(C)cc(OCCSc2ncnc3scc(-c4ccc(Br)cc4)c23)c1. The Balaban J connectivity index is 1.51. The van der Waals surface area contributed by atoms with E-state index in [1.54, 1.807) is 29.4 Å². The fourth-order valence-corrected chi connectivity index (χ4v) is 5.19. The molecule has 0 aliphatic heterocycles. The molecule has 0 bridgehead atoms. The van der Waals surface area contributed by atoms with E-state index in [2.05, 4.69) is 87.6 Å². The number of thiophene rings is 1. The number of hydrogen-bond acceptors (Lipinski definition) is 5. The molecule has 4 rings (SSSR count). The molecule has 0 aliphatic carbocycles. The smallest absolute Gasteiger partial charge is 0.128 e. The van der Waals surface area contributed by atoms with Gasteiger partial charge in [-0.05, 0) is 54.8 Å². The third-order valence-electron chi connectivity index (χ3n) is 4.28. The van der Waals surface area contributed by atoms with E-state index in [4.69, 9.17) is 4.74 Å². The van der Waals surface area contributed by atoms with E-state index in [9.17, 15) is 0 Å². The molecular weight excluding hydrogens is 452 g/mol. The van der Waals surface area contributed by atoms with E-state index in [0.717, 1.165) is 31.2 Å². The number of aromatic nitrogens is 2. The van der Waals surface area contributed by atoms with E-state index in [1.165, 1.54) is 22.3 Å². The van der Waals surface area contributed by atoms with Crippen molar-refractivity contribution < 1.29 is 4.74 Å². The van der Waals surface area contributed by atoms with Gasteiger partial charge < -0.3 is 4.74 Å². The van der Waals surface area contributed by atoms with Crippen molar-refractivity contribution in [3.8, 4) is 16.9 Å². The molecule has 142 valence electrons. The van der Waals surface area contributed by atoms with Crippen molar-refractivity contribution in [2.75, 3.05) is 12.4 Å². The Morgan fingerprint density at radius 1 is 1.04 bits per heavy atom. The van der Waals surface area contributed by atoms with Crippen molar-refractivity contribution in [1.82, 2.24) is 9.97 Å². The minimum atomic E-state index is 0.636. The third-order valence-corrected chi connectivity index (χ3v) is 6.65. The number of ether oxygens (including phenoxy) is 1. The molecule has 0 atom stereocenters. The van der Waals surface area contributed by atoms with Gasteiger partial charge in [-0.15, -0.1) is 23.1 Å². The van der Waals surface area contributed by atoms with Crippen LogP contribution in [0.4, 0.5) is 0 Å². The van der Waals surface area contributed by atoms with Crippen LogP contribution in [-0.2, 0) is 0 Å². The zero-order valence-electron chi connectivity index (χ0n) is 15.6. The van der Waals surface area contributed by atoms with E-state index >= 15 is 0 Å². The highest BCUT2D eigenvalue weighted by molar-refractivity contribution is 9.10. The lowest BCUT2D eigenvalue weighted by Crippen LogP contribution is -2.01. The van der Waals surface area contributed by atoms with Crippen LogP contribution in [0.3, 0.4) is 0 Å². The molecule has 0 spiro atoms. The standard InChI is InChI=1S/C22H19BrN2OS2/c1-14-9-15(2)11-18(10-14)26-7-8-27-21-20-19(12-28-22(20)25-13-24-21)16-3-5-17(23)6-4-16/h3-6,9-13H,7-8H2,1-2H3. The molecule has 28 heavy (non-hydrogen) atoms. The summed E-state index contributed by atoms with van der Waals surface area (Å²) in [7, 11) is 0. The maximum atomic E-state index is 5.94. The number of rotatable bonds is 6. The van der Waals surface area contributed by atoms with Crippen LogP contribution in [0.15, 0.2) is 63.7 Å². The summed E-state index contributed by atoms with van der Waals surface area (Å²) in [5.74, 6) is 1.76. The first-order valence-corrected chi connectivity index (χ1v) is 11.6. The summed E-state index contributed by atoms with van der Waals surface area (Å²) in [6, 6.07) is 14.7. The van der Waals surface area contributed by atoms with Gasteiger partial charge in [-0.25, -0.2) is 9.97 Å². The topological polar surface area (TPSA) is 35.0 Å². The predicted octanol–water partition coefficient (Wildman–Crippen LogP) is 6.91. The molecule has 4 aromatic rings. The van der Waals surface area contributed by atoms with Gasteiger partial charge in [-0.1, -0.05) is 34.1 Å². The number of hydrogen-bond donors (Lipinski definition) is 0. The van der Waals surface area contributed by atoms with Gasteiger partial charge in [-0.2, -0.15) is 0 Å². The average molecular weight is 471 g/mol. The Bertz CT molecular complexity index is 1090. The Kier molecular flexibility index (Phi) is 5.99. The second-order valence-electron chi connectivity index (χ2n) is 6.54. The van der Waals surface area contributed by atoms with Crippen molar-refractivity contribution >= 4 is 49.2 Å². The molecule has 3 nitrogen and oxygen atoms in total. The fourth-order valence-electron chi connectivity index (χ4n) is 3.11. The molecule has 0 saturated carbocycles. The number of benzene rings is 2. The maximum absolute atomic E-state index is 5.94. The molecule has 2 aromatic heterocycles. The van der Waals surface area contributed by atoms with Crippen molar-refractivity contribution in [3.05, 3.63) is 69.8 Å². The number of aryl methyl sites for hydroxylation is 2. The van der Waals surface area contributed by atoms with Crippen molar-refractivity contribution in [3.63, 3.8) is 0 Å². The molecule has 0 unspecified atom stereocenters. The minimum absolute atomic E-state index is 0.636. The first-order valence-electron chi connectivity index (χ1n) is 8.92. The number of halogens is 1. The quantitative estimate of drug-likeness (QED) is 0.174. The summed E-state index contributed by atoms with van der Waals surface area (Å²) in [6.45, 7) is 4.82. The van der Waals surface area contributed by atoms with Crippen LogP contribution >= 0.6 is 39.0 Å². The highest BCUT2D eigenvalue weighted by atomic mass is 79.9. The van der Waals surface area contributed by atoms with E-state index in [0.29, 0.717) is 6.61 Å². The molecule has 0 fully saturated rings. The number of nitrogens with zero attached hydrogens (tertiary/aromatic N) is 2. The predicted molar refractivity (Wildman–Crippen MR) is 123 cm³/mol. The molecule has 0 amide bonds. The third kappa shape index (κ3) is 4.40. The zero-order chi connectivity index (χ0) is 19.5. The monoisotopic (exact) mass is 470 g/mol. The van der Waals surface area contributed by atoms with Gasteiger partial charge in [0.25, 0.3) is 0 Å². The summed E-state index contributed by atoms with van der Waals surface area (Å²) in [6.07, 6.45) is 1.65. The number of thioether (sulfide) groups is 1. The van der Waals surface area contributed by atoms with Gasteiger partial charge in [0.2, 0.25) is 0 Å². The first kappa shape index (κ1) is 19.4. The normalized spacial score (nSPS) is 11.1. The summed E-state index contributed by atoms with van der Waals surface area (Å²) in [5, 5.41) is 4.30. The largest absolute Gasteiger partial charge is 0.493 e. The van der Waals surface area contributed by atoms with Crippen LogP contribution < -0.4 is 4.74 Å². The minimum Gasteiger partial charge on any atom is -0.493 e. The van der Waals surface area contributed by atoms with Crippen LogP contribution in [0.2, 0.25) is 0 Å². The summed E-state index contributed by atoms with van der Waals surface area (Å²) >= 11 is 6.88. The highest BCUT2D eigenvalue weighted by Gasteiger charge is 2.13. The second-order valence-corrected chi connectivity index (χ2v) is 9.39. The Hall–Kier alpha value is -1.89. The van der Waals surface area contributed by atoms with Crippen LogP contribution in [0.1, 0.15) is 11.1 Å². The molecule has 0 saturated heterocycles. The van der Waals surface area contributed by atoms with E-state index in [-0.39, 0.29) is 0 Å². The summed E-state index contributed by atoms with van der Waals surface area (Å²) < 4.78 is 7.02. The van der Waals surface area contributed by atoms with Gasteiger partial charge in [-0.3, -0.25) is 0 Å². The lowest BCUT2D eigenvalue weighted by molar-refractivity contribution is 0.343. The highest BCUT2D eigenvalue weighted by Crippen LogP contribution is 2.38. The van der Waals surface area contributed by atoms with Crippen molar-refractivity contribution in [2.45, 2.75) is 18.9 Å². The molecule has 2 aromatic carbocycles. The first-order chi connectivity index (χ1) is 13.6. The Labute approximate surface area is 181 Å². The number of fused-ring (bicyclic) bond motifs is 1. The lowest BCUT2D eigenvalue weighted by atomic mass is 10.1. The molecule has 0 radical (unpaired) electrons. The fraction of sp³-hybridized carbons (Fsp3) is 0.182. The van der Waals surface area contributed by atoms with E-state index in [1.807, 2.05) is 0 Å². The van der Waals surface area contributed by atoms with Gasteiger partial charge in [0.15, 0.2) is 0 Å². The van der Waals surface area contributed by atoms with Crippen molar-refractivity contribution in [2.24, 2.45) is 0 Å². The van der Waals surface area contributed by atoms with E-state index < -0.39 is 0 Å².